The van der Waals surface area contributed by atoms with Gasteiger partial charge >= 0.3 is 0 Å². The van der Waals surface area contributed by atoms with Gasteiger partial charge in [0.15, 0.2) is 0 Å². The molecular formula is C23H26N4O2. The summed E-state index contributed by atoms with van der Waals surface area (Å²) in [7, 11) is 0. The molecule has 29 heavy (non-hydrogen) atoms. The third-order valence-electron chi connectivity index (χ3n) is 6.37. The van der Waals surface area contributed by atoms with Gasteiger partial charge in [-0.25, -0.2) is 4.98 Å². The summed E-state index contributed by atoms with van der Waals surface area (Å²) in [5.74, 6) is 3.88. The third-order valence-corrected chi connectivity index (χ3v) is 6.37. The van der Waals surface area contributed by atoms with E-state index < -0.39 is 0 Å². The van der Waals surface area contributed by atoms with E-state index in [1.807, 2.05) is 38.1 Å². The van der Waals surface area contributed by atoms with Crippen molar-refractivity contribution in [2.45, 2.75) is 51.2 Å². The van der Waals surface area contributed by atoms with Crippen LogP contribution in [0.1, 0.15) is 49.3 Å². The molecule has 0 bridgehead atoms. The summed E-state index contributed by atoms with van der Waals surface area (Å²) < 4.78 is 0. The van der Waals surface area contributed by atoms with Gasteiger partial charge in [-0.05, 0) is 24.0 Å². The number of rotatable bonds is 6. The SMILES string of the molecule is C#Cc1cnc(NCCC2C(=O)Cc3ccccc32)nc1N[C@@H]1C[C@H](O)C1(C)C. The van der Waals surface area contributed by atoms with Crippen LogP contribution >= 0.6 is 0 Å². The predicted octanol–water partition coefficient (Wildman–Crippen LogP) is 2.74. The van der Waals surface area contributed by atoms with Crippen molar-refractivity contribution in [3.63, 3.8) is 0 Å². The first kappa shape index (κ1) is 19.4. The molecule has 2 aliphatic carbocycles. The van der Waals surface area contributed by atoms with Crippen molar-refractivity contribution in [1.29, 1.82) is 0 Å². The van der Waals surface area contributed by atoms with Crippen molar-refractivity contribution in [3.05, 3.63) is 47.2 Å². The number of hydrogen-bond acceptors (Lipinski definition) is 6. The number of nitrogens with one attached hydrogen (secondary N) is 2. The van der Waals surface area contributed by atoms with E-state index in [2.05, 4.69) is 26.5 Å². The lowest BCUT2D eigenvalue weighted by molar-refractivity contribution is -0.119. The smallest absolute Gasteiger partial charge is 0.224 e. The standard InChI is InChI=1S/C23H26N4O2/c1-4-14-13-25-22(27-21(14)26-19-12-20(29)23(19,2)3)24-10-9-17-16-8-6-5-7-15(16)11-18(17)28/h1,5-8,13,17,19-20,29H,9-12H2,2-3H3,(H2,24,25,26,27)/t17?,19-,20+/m1/s1. The fraction of sp³-hybridized carbons (Fsp3) is 0.435. The van der Waals surface area contributed by atoms with Gasteiger partial charge in [-0.1, -0.05) is 44.0 Å². The molecule has 1 aromatic carbocycles. The molecule has 3 N–H and O–H groups in total. The van der Waals surface area contributed by atoms with Gasteiger partial charge in [-0.3, -0.25) is 4.79 Å². The van der Waals surface area contributed by atoms with Crippen LogP contribution in [0, 0.1) is 17.8 Å². The van der Waals surface area contributed by atoms with Gasteiger partial charge in [0, 0.05) is 30.3 Å². The first-order chi connectivity index (χ1) is 13.9. The minimum Gasteiger partial charge on any atom is -0.392 e. The van der Waals surface area contributed by atoms with Crippen LogP contribution in [0.3, 0.4) is 0 Å². The molecule has 1 unspecified atom stereocenters. The molecule has 3 atom stereocenters. The number of ketones is 1. The zero-order valence-electron chi connectivity index (χ0n) is 16.8. The van der Waals surface area contributed by atoms with E-state index in [4.69, 9.17) is 6.42 Å². The molecule has 1 fully saturated rings. The van der Waals surface area contributed by atoms with Crippen molar-refractivity contribution in [2.75, 3.05) is 17.2 Å². The number of aliphatic hydroxyl groups excluding tert-OH is 1. The second kappa shape index (κ2) is 7.49. The Labute approximate surface area is 171 Å². The number of Topliss-reactive ketones (excluding diaryl/α,β-unsaturated/α-hetero) is 1. The van der Waals surface area contributed by atoms with E-state index >= 15 is 0 Å². The van der Waals surface area contributed by atoms with Crippen molar-refractivity contribution >= 4 is 17.5 Å². The Balaban J connectivity index is 1.41. The highest BCUT2D eigenvalue weighted by Crippen LogP contribution is 2.42. The van der Waals surface area contributed by atoms with E-state index in [-0.39, 0.29) is 29.3 Å². The number of carbonyl (C=O) groups excluding carboxylic acids is 1. The number of fused-ring (bicyclic) bond motifs is 1. The van der Waals surface area contributed by atoms with Crippen LogP contribution in [0.5, 0.6) is 0 Å². The molecule has 1 aromatic heterocycles. The number of aliphatic hydroxyl groups is 1. The minimum atomic E-state index is -0.333. The lowest BCUT2D eigenvalue weighted by Crippen LogP contribution is -2.57. The maximum Gasteiger partial charge on any atom is 0.224 e. The van der Waals surface area contributed by atoms with Crippen LogP contribution in [-0.4, -0.2) is 39.5 Å². The summed E-state index contributed by atoms with van der Waals surface area (Å²) in [4.78, 5) is 21.2. The molecule has 4 rings (SSSR count). The Morgan fingerprint density at radius 2 is 2.14 bits per heavy atom. The first-order valence-corrected chi connectivity index (χ1v) is 10.0. The molecule has 2 aliphatic rings. The van der Waals surface area contributed by atoms with Crippen molar-refractivity contribution < 1.29 is 9.90 Å². The second-order valence-electron chi connectivity index (χ2n) is 8.48. The molecule has 1 heterocycles. The molecule has 1 saturated carbocycles. The Hall–Kier alpha value is -2.91. The largest absolute Gasteiger partial charge is 0.392 e. The summed E-state index contributed by atoms with van der Waals surface area (Å²) in [5.41, 5.74) is 2.62. The number of hydrogen-bond donors (Lipinski definition) is 3. The molecule has 0 amide bonds. The number of carbonyl (C=O) groups is 1. The maximum absolute atomic E-state index is 12.3. The normalized spacial score (nSPS) is 24.3. The van der Waals surface area contributed by atoms with E-state index in [1.165, 1.54) is 0 Å². The van der Waals surface area contributed by atoms with Gasteiger partial charge in [0.1, 0.15) is 11.6 Å². The molecule has 150 valence electrons. The van der Waals surface area contributed by atoms with Gasteiger partial charge in [0.25, 0.3) is 0 Å². The number of aromatic nitrogens is 2. The van der Waals surface area contributed by atoms with E-state index in [1.54, 1.807) is 6.20 Å². The van der Waals surface area contributed by atoms with Gasteiger partial charge in [-0.2, -0.15) is 4.98 Å². The maximum atomic E-state index is 12.3. The number of anilines is 2. The summed E-state index contributed by atoms with van der Waals surface area (Å²) in [6.07, 6.45) is 8.76. The Kier molecular flexibility index (Phi) is 5.01. The van der Waals surface area contributed by atoms with Crippen LogP contribution in [0.25, 0.3) is 0 Å². The van der Waals surface area contributed by atoms with E-state index in [9.17, 15) is 9.90 Å². The number of benzene rings is 1. The van der Waals surface area contributed by atoms with Crippen LogP contribution in [0.2, 0.25) is 0 Å². The fourth-order valence-electron chi connectivity index (χ4n) is 4.16. The minimum absolute atomic E-state index is 0.0708. The van der Waals surface area contributed by atoms with Gasteiger partial charge in [0.2, 0.25) is 5.95 Å². The molecule has 2 aromatic rings. The van der Waals surface area contributed by atoms with E-state index in [0.717, 1.165) is 11.1 Å². The highest BCUT2D eigenvalue weighted by atomic mass is 16.3. The zero-order chi connectivity index (χ0) is 20.6. The summed E-state index contributed by atoms with van der Waals surface area (Å²) in [6.45, 7) is 4.63. The van der Waals surface area contributed by atoms with Crippen LogP contribution in [-0.2, 0) is 11.2 Å². The van der Waals surface area contributed by atoms with Crippen LogP contribution in [0.15, 0.2) is 30.5 Å². The molecule has 0 aliphatic heterocycles. The van der Waals surface area contributed by atoms with Crippen molar-refractivity contribution in [1.82, 2.24) is 9.97 Å². The van der Waals surface area contributed by atoms with E-state index in [0.29, 0.717) is 43.1 Å². The summed E-state index contributed by atoms with van der Waals surface area (Å²) >= 11 is 0. The van der Waals surface area contributed by atoms with Crippen LogP contribution in [0.4, 0.5) is 11.8 Å². The average molecular weight is 390 g/mol. The zero-order valence-corrected chi connectivity index (χ0v) is 16.8. The highest BCUT2D eigenvalue weighted by Gasteiger charge is 2.47. The second-order valence-corrected chi connectivity index (χ2v) is 8.48. The number of nitrogens with zero attached hydrogens (tertiary/aromatic N) is 2. The average Bonchev–Trinajstić information content (AvgIpc) is 3.03. The summed E-state index contributed by atoms with van der Waals surface area (Å²) in [6, 6.07) is 8.12. The quantitative estimate of drug-likeness (QED) is 0.658. The Morgan fingerprint density at radius 3 is 2.86 bits per heavy atom. The van der Waals surface area contributed by atoms with Crippen molar-refractivity contribution in [2.24, 2.45) is 5.41 Å². The van der Waals surface area contributed by atoms with Gasteiger partial charge in [0.05, 0.1) is 17.9 Å². The third kappa shape index (κ3) is 3.58. The molecule has 0 saturated heterocycles. The molecule has 6 heteroatoms. The lowest BCUT2D eigenvalue weighted by Gasteiger charge is -2.49. The van der Waals surface area contributed by atoms with Crippen LogP contribution < -0.4 is 10.6 Å². The van der Waals surface area contributed by atoms with Crippen molar-refractivity contribution in [3.8, 4) is 12.3 Å². The molecule has 6 nitrogen and oxygen atoms in total. The first-order valence-electron chi connectivity index (χ1n) is 10.0. The highest BCUT2D eigenvalue weighted by molar-refractivity contribution is 5.92. The molecule has 0 radical (unpaired) electrons. The Morgan fingerprint density at radius 1 is 1.34 bits per heavy atom. The summed E-state index contributed by atoms with van der Waals surface area (Å²) in [5, 5.41) is 16.5. The molecule has 0 spiro atoms. The monoisotopic (exact) mass is 390 g/mol. The topological polar surface area (TPSA) is 87.1 Å². The lowest BCUT2D eigenvalue weighted by atomic mass is 9.64. The predicted molar refractivity (Wildman–Crippen MR) is 113 cm³/mol. The van der Waals surface area contributed by atoms with Gasteiger partial charge < -0.3 is 15.7 Å². The van der Waals surface area contributed by atoms with Gasteiger partial charge in [-0.15, -0.1) is 6.42 Å². The molecular weight excluding hydrogens is 364 g/mol. The fourth-order valence-corrected chi connectivity index (χ4v) is 4.16. The number of terminal acetylenes is 1. The Bertz CT molecular complexity index is 979.